The standard InChI is InChI=1S/C18H18ClN5O3S/c1-27-16-6-5-13(8-15(16)19)24-18-9-17(22-11-23-18)21-10-12-3-2-4-14(7-12)28(20,25)26/h2-9,11H,10H2,1H3,(H2,20,25,26)(H2,21,22,23,24). The molecule has 4 N–H and O–H groups in total. The zero-order chi connectivity index (χ0) is 20.1. The summed E-state index contributed by atoms with van der Waals surface area (Å²) in [6, 6.07) is 13.4. The van der Waals surface area contributed by atoms with E-state index in [0.717, 1.165) is 11.3 Å². The van der Waals surface area contributed by atoms with Crippen LogP contribution in [0.5, 0.6) is 5.75 Å². The van der Waals surface area contributed by atoms with E-state index in [2.05, 4.69) is 20.6 Å². The van der Waals surface area contributed by atoms with E-state index in [1.807, 2.05) is 6.07 Å². The van der Waals surface area contributed by atoms with Crippen molar-refractivity contribution in [2.45, 2.75) is 11.4 Å². The number of aromatic nitrogens is 2. The van der Waals surface area contributed by atoms with Crippen molar-refractivity contribution in [2.75, 3.05) is 17.7 Å². The smallest absolute Gasteiger partial charge is 0.238 e. The van der Waals surface area contributed by atoms with E-state index in [1.165, 1.54) is 18.5 Å². The maximum Gasteiger partial charge on any atom is 0.238 e. The van der Waals surface area contributed by atoms with Gasteiger partial charge in [-0.05, 0) is 35.9 Å². The minimum Gasteiger partial charge on any atom is -0.495 e. The van der Waals surface area contributed by atoms with Crippen LogP contribution in [0.15, 0.2) is 59.8 Å². The Morgan fingerprint density at radius 1 is 1.11 bits per heavy atom. The average Bonchev–Trinajstić information content (AvgIpc) is 2.66. The Labute approximate surface area is 167 Å². The summed E-state index contributed by atoms with van der Waals surface area (Å²) in [5, 5.41) is 11.9. The Morgan fingerprint density at radius 2 is 1.89 bits per heavy atom. The molecule has 0 spiro atoms. The van der Waals surface area contributed by atoms with Crippen molar-refractivity contribution >= 4 is 38.9 Å². The van der Waals surface area contributed by atoms with Crippen LogP contribution in [0.2, 0.25) is 5.02 Å². The number of hydrogen-bond donors (Lipinski definition) is 3. The summed E-state index contributed by atoms with van der Waals surface area (Å²) >= 11 is 6.13. The van der Waals surface area contributed by atoms with Gasteiger partial charge in [-0.1, -0.05) is 23.7 Å². The van der Waals surface area contributed by atoms with Crippen molar-refractivity contribution in [1.29, 1.82) is 0 Å². The van der Waals surface area contributed by atoms with Gasteiger partial charge in [-0.2, -0.15) is 0 Å². The van der Waals surface area contributed by atoms with E-state index in [-0.39, 0.29) is 4.90 Å². The van der Waals surface area contributed by atoms with Crippen molar-refractivity contribution in [2.24, 2.45) is 5.14 Å². The number of methoxy groups -OCH3 is 1. The molecule has 0 radical (unpaired) electrons. The molecule has 1 heterocycles. The van der Waals surface area contributed by atoms with Gasteiger partial charge < -0.3 is 15.4 Å². The molecular weight excluding hydrogens is 402 g/mol. The minimum absolute atomic E-state index is 0.0632. The normalized spacial score (nSPS) is 11.1. The van der Waals surface area contributed by atoms with Crippen LogP contribution in [-0.4, -0.2) is 25.5 Å². The molecule has 0 fully saturated rings. The molecule has 0 bridgehead atoms. The van der Waals surface area contributed by atoms with E-state index in [1.54, 1.807) is 37.4 Å². The van der Waals surface area contributed by atoms with Crippen LogP contribution in [0.3, 0.4) is 0 Å². The summed E-state index contributed by atoms with van der Waals surface area (Å²) in [4.78, 5) is 8.40. The van der Waals surface area contributed by atoms with Crippen LogP contribution in [0.4, 0.5) is 17.3 Å². The molecule has 0 amide bonds. The molecule has 3 rings (SSSR count). The Hall–Kier alpha value is -2.88. The summed E-state index contributed by atoms with van der Waals surface area (Å²) in [6.45, 7) is 0.369. The maximum atomic E-state index is 11.5. The molecule has 3 aromatic rings. The number of nitrogens with two attached hydrogens (primary N) is 1. The summed E-state index contributed by atoms with van der Waals surface area (Å²) in [6.07, 6.45) is 1.41. The number of benzene rings is 2. The first-order valence-corrected chi connectivity index (χ1v) is 10.1. The van der Waals surface area contributed by atoms with E-state index < -0.39 is 10.0 Å². The van der Waals surface area contributed by atoms with Crippen LogP contribution >= 0.6 is 11.6 Å². The number of sulfonamides is 1. The lowest BCUT2D eigenvalue weighted by Gasteiger charge is -2.10. The SMILES string of the molecule is COc1ccc(Nc2cc(NCc3cccc(S(N)(=O)=O)c3)ncn2)cc1Cl. The van der Waals surface area contributed by atoms with E-state index in [0.29, 0.717) is 29.0 Å². The molecule has 1 aromatic heterocycles. The fraction of sp³-hybridized carbons (Fsp3) is 0.111. The molecule has 28 heavy (non-hydrogen) atoms. The van der Waals surface area contributed by atoms with Gasteiger partial charge in [0.15, 0.2) is 0 Å². The lowest BCUT2D eigenvalue weighted by atomic mass is 10.2. The van der Waals surface area contributed by atoms with Crippen LogP contribution in [0, 0.1) is 0 Å². The van der Waals surface area contributed by atoms with Gasteiger partial charge in [0.05, 0.1) is 17.0 Å². The largest absolute Gasteiger partial charge is 0.495 e. The molecule has 8 nitrogen and oxygen atoms in total. The van der Waals surface area contributed by atoms with Crippen LogP contribution < -0.4 is 20.5 Å². The lowest BCUT2D eigenvalue weighted by molar-refractivity contribution is 0.415. The zero-order valence-corrected chi connectivity index (χ0v) is 16.5. The first kappa shape index (κ1) is 19.9. The van der Waals surface area contributed by atoms with Gasteiger partial charge in [-0.25, -0.2) is 23.5 Å². The zero-order valence-electron chi connectivity index (χ0n) is 14.9. The highest BCUT2D eigenvalue weighted by Gasteiger charge is 2.08. The second-order valence-corrected chi connectivity index (χ2v) is 7.78. The minimum atomic E-state index is -3.74. The monoisotopic (exact) mass is 419 g/mol. The van der Waals surface area contributed by atoms with Gasteiger partial charge in [0.1, 0.15) is 23.7 Å². The van der Waals surface area contributed by atoms with Gasteiger partial charge in [0.2, 0.25) is 10.0 Å². The van der Waals surface area contributed by atoms with Gasteiger partial charge in [0.25, 0.3) is 0 Å². The highest BCUT2D eigenvalue weighted by Crippen LogP contribution is 2.28. The van der Waals surface area contributed by atoms with E-state index in [4.69, 9.17) is 21.5 Å². The first-order valence-electron chi connectivity index (χ1n) is 8.13. The Balaban J connectivity index is 1.69. The van der Waals surface area contributed by atoms with Gasteiger partial charge in [-0.15, -0.1) is 0 Å². The molecule has 10 heteroatoms. The van der Waals surface area contributed by atoms with Crippen molar-refractivity contribution in [3.63, 3.8) is 0 Å². The van der Waals surface area contributed by atoms with Gasteiger partial charge in [-0.3, -0.25) is 0 Å². The molecule has 2 aromatic carbocycles. The fourth-order valence-electron chi connectivity index (χ4n) is 2.44. The van der Waals surface area contributed by atoms with Gasteiger partial charge >= 0.3 is 0 Å². The van der Waals surface area contributed by atoms with Crippen LogP contribution in [0.25, 0.3) is 0 Å². The Kier molecular flexibility index (Phi) is 5.98. The molecule has 0 unspecified atom stereocenters. The highest BCUT2D eigenvalue weighted by atomic mass is 35.5. The molecule has 0 saturated heterocycles. The van der Waals surface area contributed by atoms with Crippen LogP contribution in [-0.2, 0) is 16.6 Å². The van der Waals surface area contributed by atoms with E-state index >= 15 is 0 Å². The second-order valence-electron chi connectivity index (χ2n) is 5.81. The fourth-order valence-corrected chi connectivity index (χ4v) is 3.28. The summed E-state index contributed by atoms with van der Waals surface area (Å²) in [5.74, 6) is 1.72. The molecule has 146 valence electrons. The third-order valence-electron chi connectivity index (χ3n) is 3.79. The second kappa shape index (κ2) is 8.42. The number of nitrogens with zero attached hydrogens (tertiary/aromatic N) is 2. The number of rotatable bonds is 7. The third kappa shape index (κ3) is 5.10. The predicted octanol–water partition coefficient (Wildman–Crippen LogP) is 3.14. The van der Waals surface area contributed by atoms with Crippen molar-refractivity contribution < 1.29 is 13.2 Å². The average molecular weight is 420 g/mol. The summed E-state index contributed by atoms with van der Waals surface area (Å²) < 4.78 is 28.0. The Morgan fingerprint density at radius 3 is 2.61 bits per heavy atom. The number of anilines is 3. The number of primary sulfonamides is 1. The molecule has 0 saturated carbocycles. The molecular formula is C18H18ClN5O3S. The predicted molar refractivity (Wildman–Crippen MR) is 108 cm³/mol. The molecule has 0 aliphatic rings. The molecule has 0 aliphatic carbocycles. The molecule has 0 aliphatic heterocycles. The summed E-state index contributed by atoms with van der Waals surface area (Å²) in [5.41, 5.74) is 1.50. The summed E-state index contributed by atoms with van der Waals surface area (Å²) in [7, 11) is -2.19. The topological polar surface area (TPSA) is 119 Å². The molecule has 0 atom stereocenters. The third-order valence-corrected chi connectivity index (χ3v) is 5.00. The van der Waals surface area contributed by atoms with Crippen molar-refractivity contribution in [3.05, 3.63) is 65.4 Å². The number of hydrogen-bond acceptors (Lipinski definition) is 7. The Bertz CT molecular complexity index is 1090. The maximum absolute atomic E-state index is 11.5. The van der Waals surface area contributed by atoms with Crippen LogP contribution in [0.1, 0.15) is 5.56 Å². The lowest BCUT2D eigenvalue weighted by Crippen LogP contribution is -2.12. The van der Waals surface area contributed by atoms with Gasteiger partial charge in [0, 0.05) is 18.3 Å². The van der Waals surface area contributed by atoms with Crippen molar-refractivity contribution in [1.82, 2.24) is 9.97 Å². The van der Waals surface area contributed by atoms with E-state index in [9.17, 15) is 8.42 Å². The quantitative estimate of drug-likeness (QED) is 0.538. The van der Waals surface area contributed by atoms with Crippen molar-refractivity contribution in [3.8, 4) is 5.75 Å². The number of ether oxygens (including phenoxy) is 1. The highest BCUT2D eigenvalue weighted by molar-refractivity contribution is 7.89. The first-order chi connectivity index (χ1) is 13.3. The number of halogens is 1. The number of nitrogens with one attached hydrogen (secondary N) is 2.